The van der Waals surface area contributed by atoms with Crippen LogP contribution in [0.3, 0.4) is 0 Å². The summed E-state index contributed by atoms with van der Waals surface area (Å²) in [6, 6.07) is 3.81. The first-order valence-electron chi connectivity index (χ1n) is 4.93. The SMILES string of the molecule is O=C1SCCC1NS(=O)(=O)c1ccc(F)cc1. The number of halogens is 1. The van der Waals surface area contributed by atoms with E-state index < -0.39 is 21.9 Å². The molecule has 1 saturated heterocycles. The molecule has 1 aromatic carbocycles. The molecule has 0 spiro atoms. The summed E-state index contributed by atoms with van der Waals surface area (Å²) in [5.41, 5.74) is 0. The Morgan fingerprint density at radius 3 is 2.47 bits per heavy atom. The Labute approximate surface area is 103 Å². The molecule has 7 heteroatoms. The third-order valence-corrected chi connectivity index (χ3v) is 4.85. The van der Waals surface area contributed by atoms with E-state index in [0.29, 0.717) is 12.2 Å². The summed E-state index contributed by atoms with van der Waals surface area (Å²) in [6.07, 6.45) is 0.490. The minimum Gasteiger partial charge on any atom is -0.285 e. The van der Waals surface area contributed by atoms with Crippen molar-refractivity contribution in [1.82, 2.24) is 4.72 Å². The predicted octanol–water partition coefficient (Wildman–Crippen LogP) is 1.14. The topological polar surface area (TPSA) is 63.2 Å². The molecule has 1 aliphatic rings. The van der Waals surface area contributed by atoms with Crippen LogP contribution in [0, 0.1) is 5.82 Å². The number of carbonyl (C=O) groups is 1. The van der Waals surface area contributed by atoms with Gasteiger partial charge in [0, 0.05) is 5.75 Å². The molecule has 0 radical (unpaired) electrons. The smallest absolute Gasteiger partial charge is 0.241 e. The van der Waals surface area contributed by atoms with Crippen LogP contribution in [0.2, 0.25) is 0 Å². The lowest BCUT2D eigenvalue weighted by Crippen LogP contribution is -2.37. The number of hydrogen-bond acceptors (Lipinski definition) is 4. The molecule has 1 aromatic rings. The summed E-state index contributed by atoms with van der Waals surface area (Å²) < 4.78 is 38.7. The summed E-state index contributed by atoms with van der Waals surface area (Å²) in [6.45, 7) is 0. The second kappa shape index (κ2) is 4.75. The van der Waals surface area contributed by atoms with Gasteiger partial charge in [-0.15, -0.1) is 0 Å². The van der Waals surface area contributed by atoms with Crippen molar-refractivity contribution in [3.8, 4) is 0 Å². The summed E-state index contributed by atoms with van der Waals surface area (Å²) in [5, 5.41) is -0.171. The Bertz CT molecular complexity index is 527. The molecule has 2 rings (SSSR count). The van der Waals surface area contributed by atoms with Gasteiger partial charge in [-0.2, -0.15) is 4.72 Å². The van der Waals surface area contributed by atoms with E-state index in [-0.39, 0.29) is 10.0 Å². The number of sulfonamides is 1. The van der Waals surface area contributed by atoms with Crippen LogP contribution >= 0.6 is 11.8 Å². The molecule has 0 aromatic heterocycles. The third kappa shape index (κ3) is 2.85. The zero-order chi connectivity index (χ0) is 12.5. The van der Waals surface area contributed by atoms with Crippen LogP contribution in [0.15, 0.2) is 29.2 Å². The van der Waals surface area contributed by atoms with Crippen molar-refractivity contribution < 1.29 is 17.6 Å². The third-order valence-electron chi connectivity index (χ3n) is 2.36. The van der Waals surface area contributed by atoms with E-state index in [0.717, 1.165) is 23.9 Å². The van der Waals surface area contributed by atoms with Crippen molar-refractivity contribution in [3.63, 3.8) is 0 Å². The number of thioether (sulfide) groups is 1. The Morgan fingerprint density at radius 1 is 1.29 bits per heavy atom. The molecule has 1 fully saturated rings. The Hall–Kier alpha value is -0.920. The maximum absolute atomic E-state index is 12.7. The normalized spacial score (nSPS) is 20.8. The molecular weight excluding hydrogens is 265 g/mol. The highest BCUT2D eigenvalue weighted by molar-refractivity contribution is 8.14. The number of carbonyl (C=O) groups excluding carboxylic acids is 1. The predicted molar refractivity (Wildman–Crippen MR) is 62.6 cm³/mol. The van der Waals surface area contributed by atoms with Crippen molar-refractivity contribution in [1.29, 1.82) is 0 Å². The number of hydrogen-bond donors (Lipinski definition) is 1. The average Bonchev–Trinajstić information content (AvgIpc) is 2.64. The van der Waals surface area contributed by atoms with Gasteiger partial charge in [-0.3, -0.25) is 4.79 Å². The molecule has 4 nitrogen and oxygen atoms in total. The average molecular weight is 275 g/mol. The lowest BCUT2D eigenvalue weighted by Gasteiger charge is -2.10. The summed E-state index contributed by atoms with van der Waals surface area (Å²) in [5.74, 6) is 0.117. The Kier molecular flexibility index (Phi) is 3.50. The standard InChI is InChI=1S/C10H10FNO3S2/c11-7-1-3-8(4-2-7)17(14,15)12-9-5-6-16-10(9)13/h1-4,9,12H,5-6H2. The van der Waals surface area contributed by atoms with Crippen molar-refractivity contribution in [3.05, 3.63) is 30.1 Å². The molecule has 0 aliphatic carbocycles. The lowest BCUT2D eigenvalue weighted by atomic mass is 10.3. The van der Waals surface area contributed by atoms with Gasteiger partial charge in [0.1, 0.15) is 5.82 Å². The molecule has 0 saturated carbocycles. The van der Waals surface area contributed by atoms with Crippen LogP contribution in [0.5, 0.6) is 0 Å². The van der Waals surface area contributed by atoms with Gasteiger partial charge in [-0.25, -0.2) is 12.8 Å². The number of nitrogens with one attached hydrogen (secondary N) is 1. The molecule has 1 aliphatic heterocycles. The van der Waals surface area contributed by atoms with Crippen LogP contribution < -0.4 is 4.72 Å². The van der Waals surface area contributed by atoms with Gasteiger partial charge in [-0.1, -0.05) is 11.8 Å². The summed E-state index contributed by atoms with van der Waals surface area (Å²) in [7, 11) is -3.74. The van der Waals surface area contributed by atoms with Gasteiger partial charge in [-0.05, 0) is 30.7 Å². The highest BCUT2D eigenvalue weighted by Crippen LogP contribution is 2.21. The molecule has 92 valence electrons. The van der Waals surface area contributed by atoms with Crippen LogP contribution in [-0.4, -0.2) is 25.3 Å². The van der Waals surface area contributed by atoms with Crippen molar-refractivity contribution in [2.45, 2.75) is 17.4 Å². The van der Waals surface area contributed by atoms with Gasteiger partial charge in [0.05, 0.1) is 10.9 Å². The van der Waals surface area contributed by atoms with Crippen molar-refractivity contribution >= 4 is 26.9 Å². The fourth-order valence-electron chi connectivity index (χ4n) is 1.47. The molecule has 1 unspecified atom stereocenters. The quantitative estimate of drug-likeness (QED) is 0.898. The van der Waals surface area contributed by atoms with Crippen molar-refractivity contribution in [2.75, 3.05) is 5.75 Å². The van der Waals surface area contributed by atoms with E-state index >= 15 is 0 Å². The number of benzene rings is 1. The van der Waals surface area contributed by atoms with E-state index in [1.54, 1.807) is 0 Å². The van der Waals surface area contributed by atoms with Crippen LogP contribution in [0.25, 0.3) is 0 Å². The molecule has 0 amide bonds. The first kappa shape index (κ1) is 12.5. The largest absolute Gasteiger partial charge is 0.285 e. The molecule has 1 heterocycles. The Morgan fingerprint density at radius 2 is 1.94 bits per heavy atom. The second-order valence-electron chi connectivity index (χ2n) is 3.58. The van der Waals surface area contributed by atoms with E-state index in [9.17, 15) is 17.6 Å². The minimum absolute atomic E-state index is 0.0383. The maximum atomic E-state index is 12.7. The van der Waals surface area contributed by atoms with E-state index in [1.165, 1.54) is 12.1 Å². The number of rotatable bonds is 3. The monoisotopic (exact) mass is 275 g/mol. The zero-order valence-electron chi connectivity index (χ0n) is 8.72. The lowest BCUT2D eigenvalue weighted by molar-refractivity contribution is -0.111. The first-order chi connectivity index (χ1) is 7.99. The van der Waals surface area contributed by atoms with Gasteiger partial charge in [0.2, 0.25) is 15.1 Å². The molecule has 1 atom stereocenters. The van der Waals surface area contributed by atoms with Crippen molar-refractivity contribution in [2.24, 2.45) is 0 Å². The highest BCUT2D eigenvalue weighted by atomic mass is 32.2. The fraction of sp³-hybridized carbons (Fsp3) is 0.300. The van der Waals surface area contributed by atoms with Gasteiger partial charge in [0.15, 0.2) is 0 Å². The second-order valence-corrected chi connectivity index (χ2v) is 6.40. The van der Waals surface area contributed by atoms with E-state index in [2.05, 4.69) is 4.72 Å². The van der Waals surface area contributed by atoms with Gasteiger partial charge >= 0.3 is 0 Å². The summed E-state index contributed by atoms with van der Waals surface area (Å²) in [4.78, 5) is 11.3. The van der Waals surface area contributed by atoms with Crippen LogP contribution in [-0.2, 0) is 14.8 Å². The van der Waals surface area contributed by atoms with E-state index in [1.807, 2.05) is 0 Å². The summed E-state index contributed by atoms with van der Waals surface area (Å²) >= 11 is 1.12. The minimum atomic E-state index is -3.74. The van der Waals surface area contributed by atoms with Crippen LogP contribution in [0.4, 0.5) is 4.39 Å². The molecular formula is C10H10FNO3S2. The van der Waals surface area contributed by atoms with Gasteiger partial charge in [0.25, 0.3) is 0 Å². The first-order valence-corrected chi connectivity index (χ1v) is 7.40. The van der Waals surface area contributed by atoms with E-state index in [4.69, 9.17) is 0 Å². The van der Waals surface area contributed by atoms with Gasteiger partial charge < -0.3 is 0 Å². The fourth-order valence-corrected chi connectivity index (χ4v) is 3.71. The molecule has 1 N–H and O–H groups in total. The Balaban J connectivity index is 2.19. The molecule has 17 heavy (non-hydrogen) atoms. The van der Waals surface area contributed by atoms with Crippen LogP contribution in [0.1, 0.15) is 6.42 Å². The zero-order valence-corrected chi connectivity index (χ0v) is 10.4. The molecule has 0 bridgehead atoms. The highest BCUT2D eigenvalue weighted by Gasteiger charge is 2.30. The maximum Gasteiger partial charge on any atom is 0.241 e.